The summed E-state index contributed by atoms with van der Waals surface area (Å²) in [5, 5.41) is 14.1. The second kappa shape index (κ2) is 60.8. The van der Waals surface area contributed by atoms with Gasteiger partial charge in [-0.05, 0) is 38.5 Å². The molecule has 0 saturated carbocycles. The molecule has 0 aromatic rings. The molecular weight excluding hydrogens is 984 g/mol. The topological polar surface area (TPSA) is 105 Å². The Morgan fingerprint density at radius 3 is 0.987 bits per heavy atom. The lowest BCUT2D eigenvalue weighted by atomic mass is 10.0. The molecule has 0 aliphatic carbocycles. The number of aliphatic hydroxyl groups excluding tert-OH is 1. The number of aliphatic hydroxyl groups is 1. The molecule has 0 spiro atoms. The van der Waals surface area contributed by atoms with Crippen molar-refractivity contribution >= 4 is 13.7 Å². The lowest BCUT2D eigenvalue weighted by Gasteiger charge is -2.26. The van der Waals surface area contributed by atoms with E-state index in [2.05, 4.69) is 31.3 Å². The van der Waals surface area contributed by atoms with Crippen LogP contribution in [0.2, 0.25) is 0 Å². The Labute approximate surface area is 488 Å². The first kappa shape index (κ1) is 77.2. The van der Waals surface area contributed by atoms with Gasteiger partial charge in [-0.2, -0.15) is 0 Å². The molecule has 9 heteroatoms. The van der Waals surface area contributed by atoms with Crippen LogP contribution in [0.3, 0.4) is 0 Å². The SMILES string of the molecule is CCCCCCCCCCCCCCCCCCCC/C=C\CCCCCCCCCCCCCCCCCCCC(=O)NC(COP(=O)(O)OCC[N+](C)(C)C)C(O)CCCCCCCCCCCCCCCCCCC. The molecule has 0 rings (SSSR count). The number of amides is 1. The minimum absolute atomic E-state index is 0.0780. The van der Waals surface area contributed by atoms with Crippen molar-refractivity contribution in [2.24, 2.45) is 0 Å². The highest BCUT2D eigenvalue weighted by atomic mass is 31.2. The number of nitrogens with one attached hydrogen (secondary N) is 1. The van der Waals surface area contributed by atoms with Crippen molar-refractivity contribution in [2.45, 2.75) is 386 Å². The zero-order valence-corrected chi connectivity index (χ0v) is 54.3. The third kappa shape index (κ3) is 62.8. The second-order valence-electron chi connectivity index (χ2n) is 25.6. The molecule has 0 radical (unpaired) electrons. The van der Waals surface area contributed by atoms with Crippen molar-refractivity contribution < 1.29 is 32.9 Å². The monoisotopic (exact) mass is 1120 g/mol. The summed E-state index contributed by atoms with van der Waals surface area (Å²) in [5.74, 6) is -0.136. The minimum Gasteiger partial charge on any atom is -0.391 e. The predicted molar refractivity (Wildman–Crippen MR) is 342 cm³/mol. The number of carbonyl (C=O) groups excluding carboxylic acids is 1. The molecule has 0 bridgehead atoms. The van der Waals surface area contributed by atoms with Gasteiger partial charge < -0.3 is 19.8 Å². The maximum Gasteiger partial charge on any atom is 0.472 e. The van der Waals surface area contributed by atoms with E-state index in [1.165, 1.54) is 308 Å². The summed E-state index contributed by atoms with van der Waals surface area (Å²) in [6.07, 6.45) is 77.6. The van der Waals surface area contributed by atoms with Crippen LogP contribution >= 0.6 is 7.82 Å². The smallest absolute Gasteiger partial charge is 0.391 e. The Bertz CT molecular complexity index is 1280. The first-order chi connectivity index (χ1) is 38.0. The third-order valence-electron chi connectivity index (χ3n) is 16.5. The highest BCUT2D eigenvalue weighted by Gasteiger charge is 2.28. The molecular formula is C69H140N2O6P+. The molecule has 3 atom stereocenters. The molecule has 78 heavy (non-hydrogen) atoms. The summed E-state index contributed by atoms with van der Waals surface area (Å²) in [7, 11) is 1.64. The average molecular weight is 1120 g/mol. The van der Waals surface area contributed by atoms with Gasteiger partial charge in [0.15, 0.2) is 0 Å². The summed E-state index contributed by atoms with van der Waals surface area (Å²) in [6.45, 7) is 4.95. The molecule has 0 heterocycles. The van der Waals surface area contributed by atoms with Gasteiger partial charge in [0, 0.05) is 6.42 Å². The van der Waals surface area contributed by atoms with Crippen molar-refractivity contribution in [1.29, 1.82) is 0 Å². The first-order valence-electron chi connectivity index (χ1n) is 35.1. The number of phosphoric ester groups is 1. The highest BCUT2D eigenvalue weighted by molar-refractivity contribution is 7.47. The van der Waals surface area contributed by atoms with Crippen LogP contribution < -0.4 is 5.32 Å². The van der Waals surface area contributed by atoms with Gasteiger partial charge in [-0.25, -0.2) is 4.57 Å². The summed E-state index contributed by atoms with van der Waals surface area (Å²) < 4.78 is 23.8. The van der Waals surface area contributed by atoms with Gasteiger partial charge in [0.2, 0.25) is 5.91 Å². The number of carbonyl (C=O) groups is 1. The van der Waals surface area contributed by atoms with E-state index in [4.69, 9.17) is 9.05 Å². The van der Waals surface area contributed by atoms with Gasteiger partial charge in [-0.15, -0.1) is 0 Å². The van der Waals surface area contributed by atoms with Crippen molar-refractivity contribution in [3.8, 4) is 0 Å². The number of unbranched alkanes of at least 4 members (excludes halogenated alkanes) is 51. The predicted octanol–water partition coefficient (Wildman–Crippen LogP) is 22.1. The molecule has 0 aliphatic heterocycles. The van der Waals surface area contributed by atoms with E-state index in [9.17, 15) is 19.4 Å². The molecule has 466 valence electrons. The molecule has 0 aromatic carbocycles. The number of allylic oxidation sites excluding steroid dienone is 2. The highest BCUT2D eigenvalue weighted by Crippen LogP contribution is 2.43. The quantitative estimate of drug-likeness (QED) is 0.0243. The average Bonchev–Trinajstić information content (AvgIpc) is 3.40. The summed E-state index contributed by atoms with van der Waals surface area (Å²) >= 11 is 0. The number of hydrogen-bond acceptors (Lipinski definition) is 5. The van der Waals surface area contributed by atoms with Crippen LogP contribution in [0.4, 0.5) is 0 Å². The molecule has 3 unspecified atom stereocenters. The Morgan fingerprint density at radius 1 is 0.423 bits per heavy atom. The Morgan fingerprint density at radius 2 is 0.692 bits per heavy atom. The van der Waals surface area contributed by atoms with Crippen molar-refractivity contribution in [1.82, 2.24) is 5.32 Å². The van der Waals surface area contributed by atoms with E-state index in [1.54, 1.807) is 0 Å². The largest absolute Gasteiger partial charge is 0.472 e. The Kier molecular flexibility index (Phi) is 60.2. The molecule has 1 amide bonds. The van der Waals surface area contributed by atoms with Crippen LogP contribution in [0.1, 0.15) is 373 Å². The Balaban J connectivity index is 3.87. The molecule has 3 N–H and O–H groups in total. The van der Waals surface area contributed by atoms with E-state index in [-0.39, 0.29) is 19.1 Å². The number of rotatable bonds is 66. The van der Waals surface area contributed by atoms with Gasteiger partial charge in [0.05, 0.1) is 39.9 Å². The van der Waals surface area contributed by atoms with Crippen LogP contribution in [0.5, 0.6) is 0 Å². The van der Waals surface area contributed by atoms with Crippen LogP contribution in [0.25, 0.3) is 0 Å². The van der Waals surface area contributed by atoms with Crippen molar-refractivity contribution in [3.63, 3.8) is 0 Å². The molecule has 0 aliphatic rings. The van der Waals surface area contributed by atoms with E-state index < -0.39 is 20.0 Å². The lowest BCUT2D eigenvalue weighted by molar-refractivity contribution is -0.870. The second-order valence-corrected chi connectivity index (χ2v) is 27.1. The molecule has 0 fully saturated rings. The number of likely N-dealkylation sites (N-methyl/N-ethyl adjacent to an activating group) is 1. The number of phosphoric acid groups is 1. The van der Waals surface area contributed by atoms with Crippen LogP contribution in [0.15, 0.2) is 12.2 Å². The van der Waals surface area contributed by atoms with Gasteiger partial charge in [-0.1, -0.05) is 341 Å². The lowest BCUT2D eigenvalue weighted by Crippen LogP contribution is -2.46. The van der Waals surface area contributed by atoms with Gasteiger partial charge in [0.25, 0.3) is 0 Å². The van der Waals surface area contributed by atoms with Crippen LogP contribution in [-0.4, -0.2) is 73.4 Å². The Hall–Kier alpha value is -0.760. The number of nitrogens with zero attached hydrogens (tertiary/aromatic N) is 1. The zero-order valence-electron chi connectivity index (χ0n) is 53.5. The molecule has 0 aromatic heterocycles. The summed E-state index contributed by atoms with van der Waals surface area (Å²) in [5.41, 5.74) is 0. The third-order valence-corrected chi connectivity index (χ3v) is 17.5. The van der Waals surface area contributed by atoms with E-state index in [1.807, 2.05) is 21.1 Å². The zero-order chi connectivity index (χ0) is 57.0. The fourth-order valence-electron chi connectivity index (χ4n) is 11.0. The van der Waals surface area contributed by atoms with E-state index in [0.29, 0.717) is 23.9 Å². The fourth-order valence-corrected chi connectivity index (χ4v) is 11.8. The molecule has 8 nitrogen and oxygen atoms in total. The van der Waals surface area contributed by atoms with Crippen LogP contribution in [-0.2, 0) is 18.4 Å². The first-order valence-corrected chi connectivity index (χ1v) is 36.5. The van der Waals surface area contributed by atoms with E-state index in [0.717, 1.165) is 38.5 Å². The van der Waals surface area contributed by atoms with Gasteiger partial charge >= 0.3 is 7.82 Å². The van der Waals surface area contributed by atoms with Crippen molar-refractivity contribution in [2.75, 3.05) is 40.9 Å². The standard InChI is InChI=1S/C69H139N2O6P/c1-6-8-10-12-14-16-18-20-22-24-25-26-27-28-29-30-31-32-33-34-35-36-37-38-39-40-41-42-43-44-45-47-49-51-53-55-57-59-61-63-69(73)70-67(66-77-78(74,75)76-65-64-71(3,4)5)68(72)62-60-58-56-54-52-50-48-46-23-21-19-17-15-13-11-9-7-2/h34-35,67-68,72H,6-33,36-66H2,1-5H3,(H-,70,73,74,75)/p+1/b35-34-. The maximum absolute atomic E-state index is 13.0. The summed E-state index contributed by atoms with van der Waals surface area (Å²) in [6, 6.07) is -0.758. The number of quaternary nitrogens is 1. The van der Waals surface area contributed by atoms with Gasteiger partial charge in [0.1, 0.15) is 13.2 Å². The van der Waals surface area contributed by atoms with Crippen molar-refractivity contribution in [3.05, 3.63) is 12.2 Å². The maximum atomic E-state index is 13.0. The van der Waals surface area contributed by atoms with Crippen LogP contribution in [0, 0.1) is 0 Å². The van der Waals surface area contributed by atoms with Gasteiger partial charge in [-0.3, -0.25) is 13.8 Å². The fraction of sp³-hybridized carbons (Fsp3) is 0.957. The summed E-state index contributed by atoms with van der Waals surface area (Å²) in [4.78, 5) is 23.4. The number of hydrogen-bond donors (Lipinski definition) is 3. The normalized spacial score (nSPS) is 13.7. The van der Waals surface area contributed by atoms with E-state index >= 15 is 0 Å². The molecule has 0 saturated heterocycles. The minimum atomic E-state index is -4.32.